The van der Waals surface area contributed by atoms with Crippen LogP contribution in [0.4, 0.5) is 4.79 Å². The second-order valence-electron chi connectivity index (χ2n) is 7.60. The summed E-state index contributed by atoms with van der Waals surface area (Å²) in [4.78, 5) is 47.3. The number of nitrogens with zero attached hydrogens (tertiary/aromatic N) is 4. The zero-order chi connectivity index (χ0) is 21.1. The minimum Gasteiger partial charge on any atom is -0.383 e. The highest BCUT2D eigenvalue weighted by atomic mass is 32.1. The van der Waals surface area contributed by atoms with Crippen molar-refractivity contribution in [2.45, 2.75) is 31.7 Å². The van der Waals surface area contributed by atoms with E-state index >= 15 is 0 Å². The average Bonchev–Trinajstić information content (AvgIpc) is 3.14. The molecule has 1 aromatic heterocycles. The molecule has 0 saturated carbocycles. The number of ether oxygens (including phenoxy) is 1. The van der Waals surface area contributed by atoms with Crippen molar-refractivity contribution >= 4 is 39.4 Å². The molecule has 0 N–H and O–H groups in total. The summed E-state index contributed by atoms with van der Waals surface area (Å²) in [6.07, 6.45) is 2.57. The number of carbonyl (C=O) groups excluding carboxylic acids is 3. The Labute approximate surface area is 179 Å². The highest BCUT2D eigenvalue weighted by molar-refractivity contribution is 7.18. The van der Waals surface area contributed by atoms with E-state index in [4.69, 9.17) is 4.74 Å². The van der Waals surface area contributed by atoms with Gasteiger partial charge in [0, 0.05) is 26.6 Å². The molecule has 160 valence electrons. The van der Waals surface area contributed by atoms with Crippen molar-refractivity contribution in [1.82, 2.24) is 19.7 Å². The number of aryl methyl sites for hydroxylation is 1. The molecule has 0 spiro atoms. The zero-order valence-corrected chi connectivity index (χ0v) is 17.9. The van der Waals surface area contributed by atoms with Gasteiger partial charge in [0.1, 0.15) is 6.04 Å². The standard InChI is InChI=1S/C21H26N4O4S/c1-29-13-12-25-20(27)16-14-23(10-5-11-24(16)21(25)28)19(26)9-4-8-18-22-15-6-2-3-7-17(15)30-18/h2-3,6-7,16H,4-5,8-14H2,1H3. The summed E-state index contributed by atoms with van der Waals surface area (Å²) in [5, 5.41) is 1.04. The smallest absolute Gasteiger partial charge is 0.327 e. The lowest BCUT2D eigenvalue weighted by Crippen LogP contribution is -2.43. The number of imide groups is 1. The van der Waals surface area contributed by atoms with E-state index in [2.05, 4.69) is 11.1 Å². The van der Waals surface area contributed by atoms with Crippen LogP contribution in [0.15, 0.2) is 24.3 Å². The Morgan fingerprint density at radius 2 is 2.10 bits per heavy atom. The number of thiazole rings is 1. The summed E-state index contributed by atoms with van der Waals surface area (Å²) >= 11 is 1.67. The minimum atomic E-state index is -0.579. The van der Waals surface area contributed by atoms with Crippen LogP contribution in [0, 0.1) is 0 Å². The van der Waals surface area contributed by atoms with Crippen LogP contribution in [-0.4, -0.2) is 83.5 Å². The van der Waals surface area contributed by atoms with Crippen molar-refractivity contribution in [2.24, 2.45) is 0 Å². The van der Waals surface area contributed by atoms with Gasteiger partial charge in [0.2, 0.25) is 5.91 Å². The molecule has 2 saturated heterocycles. The Balaban J connectivity index is 1.33. The largest absolute Gasteiger partial charge is 0.383 e. The van der Waals surface area contributed by atoms with Crippen molar-refractivity contribution in [3.63, 3.8) is 0 Å². The average molecular weight is 431 g/mol. The normalized spacial score (nSPS) is 19.5. The summed E-state index contributed by atoms with van der Waals surface area (Å²) in [6, 6.07) is 7.18. The first-order chi connectivity index (χ1) is 14.6. The number of aromatic nitrogens is 1. The molecular formula is C21H26N4O4S. The van der Waals surface area contributed by atoms with Crippen LogP contribution in [-0.2, 0) is 20.7 Å². The van der Waals surface area contributed by atoms with Crippen molar-refractivity contribution in [2.75, 3.05) is 39.9 Å². The first-order valence-electron chi connectivity index (χ1n) is 10.3. The third-order valence-corrected chi connectivity index (χ3v) is 6.71. The summed E-state index contributed by atoms with van der Waals surface area (Å²) in [6.45, 7) is 1.90. The fraction of sp³-hybridized carbons (Fsp3) is 0.524. The molecule has 2 aliphatic heterocycles. The molecule has 2 aromatic rings. The zero-order valence-electron chi connectivity index (χ0n) is 17.1. The fourth-order valence-corrected chi connectivity index (χ4v) is 5.06. The Hall–Kier alpha value is -2.52. The number of fused-ring (bicyclic) bond motifs is 2. The molecule has 0 bridgehead atoms. The molecule has 9 heteroatoms. The fourth-order valence-electron chi connectivity index (χ4n) is 4.05. The van der Waals surface area contributed by atoms with Crippen LogP contribution in [0.5, 0.6) is 0 Å². The van der Waals surface area contributed by atoms with Crippen molar-refractivity contribution in [3.8, 4) is 0 Å². The number of urea groups is 1. The van der Waals surface area contributed by atoms with Gasteiger partial charge in [0.05, 0.1) is 34.9 Å². The maximum absolute atomic E-state index is 12.8. The molecule has 30 heavy (non-hydrogen) atoms. The topological polar surface area (TPSA) is 83.1 Å². The Morgan fingerprint density at radius 3 is 2.90 bits per heavy atom. The number of para-hydroxylation sites is 1. The second-order valence-corrected chi connectivity index (χ2v) is 8.71. The Bertz CT molecular complexity index is 913. The lowest BCUT2D eigenvalue weighted by molar-refractivity contribution is -0.133. The third kappa shape index (κ3) is 4.17. The quantitative estimate of drug-likeness (QED) is 0.629. The van der Waals surface area contributed by atoms with Gasteiger partial charge in [-0.25, -0.2) is 9.78 Å². The van der Waals surface area contributed by atoms with E-state index in [9.17, 15) is 14.4 Å². The Kier molecular flexibility index (Phi) is 6.29. The summed E-state index contributed by atoms with van der Waals surface area (Å²) in [5.41, 5.74) is 0.999. The number of amides is 4. The van der Waals surface area contributed by atoms with Crippen LogP contribution in [0.25, 0.3) is 10.2 Å². The third-order valence-electron chi connectivity index (χ3n) is 5.62. The highest BCUT2D eigenvalue weighted by Gasteiger charge is 2.46. The molecule has 0 aliphatic carbocycles. The number of benzene rings is 1. The van der Waals surface area contributed by atoms with E-state index in [1.54, 1.807) is 21.1 Å². The predicted octanol–water partition coefficient (Wildman–Crippen LogP) is 2.13. The SMILES string of the molecule is COCCN1C(=O)C2CN(C(=O)CCCc3nc4ccccc4s3)CCCN2C1=O. The van der Waals surface area contributed by atoms with Gasteiger partial charge < -0.3 is 14.5 Å². The molecule has 2 aliphatic rings. The second kappa shape index (κ2) is 9.09. The molecule has 4 rings (SSSR count). The van der Waals surface area contributed by atoms with Crippen molar-refractivity contribution in [3.05, 3.63) is 29.3 Å². The number of hydrogen-bond donors (Lipinski definition) is 0. The molecule has 2 fully saturated rings. The van der Waals surface area contributed by atoms with Gasteiger partial charge >= 0.3 is 6.03 Å². The van der Waals surface area contributed by atoms with Gasteiger partial charge in [-0.15, -0.1) is 11.3 Å². The van der Waals surface area contributed by atoms with E-state index in [0.717, 1.165) is 28.1 Å². The van der Waals surface area contributed by atoms with Gasteiger partial charge in [-0.3, -0.25) is 14.5 Å². The van der Waals surface area contributed by atoms with E-state index in [1.807, 2.05) is 18.2 Å². The predicted molar refractivity (Wildman–Crippen MR) is 113 cm³/mol. The summed E-state index contributed by atoms with van der Waals surface area (Å²) in [5.74, 6) is -0.195. The number of carbonyl (C=O) groups is 3. The molecule has 0 radical (unpaired) electrons. The maximum Gasteiger partial charge on any atom is 0.327 e. The van der Waals surface area contributed by atoms with E-state index in [-0.39, 0.29) is 30.9 Å². The van der Waals surface area contributed by atoms with Crippen LogP contribution < -0.4 is 0 Å². The molecule has 1 atom stereocenters. The molecule has 3 heterocycles. The van der Waals surface area contributed by atoms with E-state index in [0.29, 0.717) is 32.5 Å². The summed E-state index contributed by atoms with van der Waals surface area (Å²) < 4.78 is 6.17. The van der Waals surface area contributed by atoms with Crippen LogP contribution >= 0.6 is 11.3 Å². The van der Waals surface area contributed by atoms with Crippen molar-refractivity contribution in [1.29, 1.82) is 0 Å². The minimum absolute atomic E-state index is 0.0357. The monoisotopic (exact) mass is 430 g/mol. The van der Waals surface area contributed by atoms with E-state index in [1.165, 1.54) is 12.0 Å². The molecule has 4 amide bonds. The highest BCUT2D eigenvalue weighted by Crippen LogP contribution is 2.24. The van der Waals surface area contributed by atoms with E-state index < -0.39 is 6.04 Å². The van der Waals surface area contributed by atoms with Crippen molar-refractivity contribution < 1.29 is 19.1 Å². The molecule has 1 unspecified atom stereocenters. The summed E-state index contributed by atoms with van der Waals surface area (Å²) in [7, 11) is 1.54. The lowest BCUT2D eigenvalue weighted by atomic mass is 10.2. The van der Waals surface area contributed by atoms with Gasteiger partial charge in [-0.2, -0.15) is 0 Å². The Morgan fingerprint density at radius 1 is 1.27 bits per heavy atom. The number of methoxy groups -OCH3 is 1. The van der Waals surface area contributed by atoms with Crippen LogP contribution in [0.1, 0.15) is 24.3 Å². The van der Waals surface area contributed by atoms with Gasteiger partial charge in [0.25, 0.3) is 5.91 Å². The van der Waals surface area contributed by atoms with Gasteiger partial charge in [-0.05, 0) is 31.4 Å². The molecular weight excluding hydrogens is 404 g/mol. The maximum atomic E-state index is 12.8. The number of rotatable bonds is 7. The first-order valence-corrected chi connectivity index (χ1v) is 11.1. The number of hydrogen-bond acceptors (Lipinski definition) is 6. The van der Waals surface area contributed by atoms with Gasteiger partial charge in [0.15, 0.2) is 0 Å². The first kappa shape index (κ1) is 20.7. The molecule has 1 aromatic carbocycles. The van der Waals surface area contributed by atoms with Crippen LogP contribution in [0.3, 0.4) is 0 Å². The van der Waals surface area contributed by atoms with Crippen LogP contribution in [0.2, 0.25) is 0 Å². The molecule has 8 nitrogen and oxygen atoms in total. The lowest BCUT2D eigenvalue weighted by Gasteiger charge is -2.23. The van der Waals surface area contributed by atoms with Gasteiger partial charge in [-0.1, -0.05) is 12.1 Å².